The van der Waals surface area contributed by atoms with Crippen molar-refractivity contribution in [3.8, 4) is 32.4 Å². The van der Waals surface area contributed by atoms with E-state index >= 15 is 0 Å². The maximum Gasteiger partial charge on any atom is 0.329 e. The van der Waals surface area contributed by atoms with Crippen LogP contribution in [0.15, 0.2) is 229 Å². The van der Waals surface area contributed by atoms with Gasteiger partial charge in [-0.15, -0.1) is 35.1 Å². The van der Waals surface area contributed by atoms with Gasteiger partial charge in [-0.3, -0.25) is 58.2 Å². The molecule has 145 heavy (non-hydrogen) atoms. The van der Waals surface area contributed by atoms with E-state index in [2.05, 4.69) is 32.7 Å². The van der Waals surface area contributed by atoms with Crippen molar-refractivity contribution >= 4 is 128 Å². The number of anilines is 2. The number of hydrogen-bond acceptors (Lipinski definition) is 25. The molecule has 4 aliphatic heterocycles. The number of Topliss-reactive ketones (excluding diaryl/α,β-unsaturated/α-hetero) is 1. The van der Waals surface area contributed by atoms with Gasteiger partial charge in [0.25, 0.3) is 23.2 Å². The van der Waals surface area contributed by atoms with Gasteiger partial charge in [0.2, 0.25) is 23.6 Å². The second-order valence-electron chi connectivity index (χ2n) is 36.7. The number of non-ortho nitro benzene ring substituents is 2. The Balaban J connectivity index is 0.000000263. The number of carboxylic acid groups (broad SMARTS) is 1. The maximum absolute atomic E-state index is 14.0. The lowest BCUT2D eigenvalue weighted by Crippen LogP contribution is -2.58. The van der Waals surface area contributed by atoms with Crippen LogP contribution in [0.3, 0.4) is 0 Å². The topological polar surface area (TPSA) is 428 Å². The van der Waals surface area contributed by atoms with Crippen LogP contribution in [-0.2, 0) is 70.4 Å². The number of aliphatic carboxylic acids is 1. The number of aryl methyl sites for hydroxylation is 2. The number of halogens is 2. The molecule has 8 atom stereocenters. The van der Waals surface area contributed by atoms with Crippen molar-refractivity contribution < 1.29 is 97.7 Å². The number of hydrogen-bond donors (Lipinski definition) is 6. The smallest absolute Gasteiger partial charge is 0.329 e. The number of carbonyl (C=O) groups is 8. The fourth-order valence-electron chi connectivity index (χ4n) is 16.4. The number of aromatic nitrogens is 2. The molecule has 2 aromatic heterocycles. The molecule has 7 N–H and O–H groups in total. The Bertz CT molecular complexity index is 6200. The fourth-order valence-corrected chi connectivity index (χ4v) is 18.0. The number of aliphatic hydroxyl groups excluding tert-OH is 2. The van der Waals surface area contributed by atoms with E-state index in [9.17, 15) is 73.2 Å². The lowest BCUT2D eigenvalue weighted by Gasteiger charge is -2.35. The lowest BCUT2D eigenvalue weighted by atomic mass is 9.85. The third kappa shape index (κ3) is 32.1. The second kappa shape index (κ2) is 54.8. The Kier molecular flexibility index (Phi) is 42.8. The molecule has 6 heterocycles. The summed E-state index contributed by atoms with van der Waals surface area (Å²) in [7, 11) is -1.00. The number of likely N-dealkylation sites (tertiary alicyclic amines) is 2. The summed E-state index contributed by atoms with van der Waals surface area (Å²) in [6, 6.07) is 55.0. The van der Waals surface area contributed by atoms with E-state index in [4.69, 9.17) is 40.6 Å². The highest BCUT2D eigenvalue weighted by atomic mass is 35.5. The summed E-state index contributed by atoms with van der Waals surface area (Å²) in [4.78, 5) is 142. The Morgan fingerprint density at radius 3 is 1.38 bits per heavy atom. The van der Waals surface area contributed by atoms with Gasteiger partial charge in [0.15, 0.2) is 5.78 Å². The number of thiazole rings is 2. The van der Waals surface area contributed by atoms with Gasteiger partial charge >= 0.3 is 5.97 Å². The summed E-state index contributed by atoms with van der Waals surface area (Å²) in [6.45, 7) is 21.2. The van der Waals surface area contributed by atoms with E-state index in [1.54, 1.807) is 93.2 Å². The van der Waals surface area contributed by atoms with Gasteiger partial charge in [0.05, 0.1) is 145 Å². The molecule has 6 amide bonds. The molecule has 2 fully saturated rings. The largest absolute Gasteiger partial charge is 0.491 e. The number of carboxylic acids is 1. The Morgan fingerprint density at radius 1 is 0.559 bits per heavy atom. The number of nitro benzene ring substituents is 2. The Morgan fingerprint density at radius 2 is 0.966 bits per heavy atom. The van der Waals surface area contributed by atoms with Crippen LogP contribution in [0, 0.1) is 44.9 Å². The summed E-state index contributed by atoms with van der Waals surface area (Å²) in [5, 5.41) is 56.9. The number of nitrogens with two attached hydrogens (primary N) is 1. The van der Waals surface area contributed by atoms with Crippen molar-refractivity contribution in [2.45, 2.75) is 157 Å². The molecule has 36 heteroatoms. The molecule has 0 bridgehead atoms. The van der Waals surface area contributed by atoms with Crippen molar-refractivity contribution in [3.05, 3.63) is 306 Å². The summed E-state index contributed by atoms with van der Waals surface area (Å²) >= 11 is 3.18. The van der Waals surface area contributed by atoms with Gasteiger partial charge in [-0.2, -0.15) is 0 Å². The average molecular weight is 2050 g/mol. The molecule has 770 valence electrons. The normalized spacial score (nSPS) is 16.7. The molecule has 0 radical (unpaired) electrons. The standard InChI is InChI=1S/C53H58N6O10S.C30H28N2O8.C24H33N3O3S.CH3F.CH4.ClH/c1-34(38-17-19-39(20-18-38)48-35(2)54-33-70-48)55-50(62)46-29-41(60)31-58(46)52(64)49(53(3,4)5)56-47(61)32-68-26-25-67-27-28-69-42-23-15-37(16-24-42)30-57-45-12-7-6-10-43(45)44(51(57)63)11-8-9-36-13-21-40(22-14-36)59(65)66;33-29(34)21-39-17-16-38-18-19-40-25-14-10-23(11-15-25)20-31-28-7-2-1-5-26(28)27(30(31)35)6-3-4-22-8-12-24(13-9-22)32(36)37;1-14(16-6-8-17(9-7-16)21-15(2)26-13-31-21)10-20(29)19-11-18(28)12-27(19)23(30)22(25)24(3,4)5;1-2;;/h6-24,33-34,41,46,49,60H,25-32H2,1-5H3,(H,55,62)(H,56,61);1-15H,16-21H2,(H,33,34);6-9,13-14,18-19,22,28H,10-12,25H2,1-5H3;1H3;1H4;1H/t34-,41+,46-,49+;;14-,18-,19+,22-;;;/m0.1.../s1/i;;;1D;;. The predicted octanol–water partition coefficient (Wildman–Crippen LogP) is 17.3. The van der Waals surface area contributed by atoms with Crippen molar-refractivity contribution in [1.29, 1.82) is 0 Å². The van der Waals surface area contributed by atoms with E-state index < -0.39 is 82.0 Å². The molecule has 0 spiro atoms. The SMILES string of the molecule is C.Cc1ncsc1-c1ccc([C@H](C)CC(=O)[C@@H]2C[C@@H](O)CN2C(=O)[C@@H](N)C(C)(C)C)cc1.Cc1ncsc1-c1ccc([C@H](C)NC(=O)[C@@H]2C[C@@H](O)CN2C(=O)[C@@H](NC(=O)COCCOCCOc2ccc(CN3C(=O)C(=CC=Cc4ccc([N+](=O)[O-])cc4)c4ccccc43)cc2)C(C)(C)C)cc1.Cl.O=C(O)COCCOCCOc1ccc(CN2C(=O)C(=CC=Cc3ccc([N+](=O)[O-])cc3)c3ccccc32)cc1.[2H]CF. The zero-order valence-corrected chi connectivity index (χ0v) is 84.3. The number of aliphatic hydroxyl groups is 2. The number of fused-ring (bicyclic) bond motifs is 2. The molecule has 0 unspecified atom stereocenters. The minimum Gasteiger partial charge on any atom is -0.491 e. The first-order valence-corrected chi connectivity index (χ1v) is 48.4. The summed E-state index contributed by atoms with van der Waals surface area (Å²) in [5.74, 6) is -1.61. The number of rotatable bonds is 40. The number of nitrogens with one attached hydrogen (secondary N) is 2. The number of nitro groups is 2. The van der Waals surface area contributed by atoms with Gasteiger partial charge in [-0.25, -0.2) is 14.8 Å². The van der Waals surface area contributed by atoms with E-state index in [0.29, 0.717) is 55.4 Å². The molecule has 0 aliphatic carbocycles. The van der Waals surface area contributed by atoms with Gasteiger partial charge in [0.1, 0.15) is 50.0 Å². The monoisotopic (exact) mass is 2040 g/mol. The zero-order valence-electron chi connectivity index (χ0n) is 82.9. The van der Waals surface area contributed by atoms with Crippen LogP contribution < -0.4 is 35.6 Å². The van der Waals surface area contributed by atoms with Crippen molar-refractivity contribution in [1.82, 2.24) is 30.4 Å². The van der Waals surface area contributed by atoms with Crippen molar-refractivity contribution in [3.63, 3.8) is 0 Å². The second-order valence-corrected chi connectivity index (χ2v) is 38.4. The quantitative estimate of drug-likeness (QED) is 0.00899. The molecule has 32 nitrogen and oxygen atoms in total. The number of nitrogens with zero attached hydrogens (tertiary/aromatic N) is 8. The Labute approximate surface area is 859 Å². The number of ether oxygens (including phenoxy) is 6. The fraction of sp³-hybridized carbons (Fsp3) is 0.358. The third-order valence-corrected chi connectivity index (χ3v) is 26.1. The highest BCUT2D eigenvalue weighted by Gasteiger charge is 2.46. The minimum absolute atomic E-state index is 0. The first-order chi connectivity index (χ1) is 68.9. The number of β-amino-alcohol motifs (C(OH)–C–C–N with tert-alkyl or cyclic N) is 2. The van der Waals surface area contributed by atoms with Crippen LogP contribution in [0.2, 0.25) is 0 Å². The number of ketones is 1. The number of allylic oxidation sites excluding steroid dienone is 4. The minimum atomic E-state index is -1.02. The highest BCUT2D eigenvalue weighted by molar-refractivity contribution is 7.13. The van der Waals surface area contributed by atoms with Crippen LogP contribution in [0.1, 0.15) is 151 Å². The summed E-state index contributed by atoms with van der Waals surface area (Å²) < 4.78 is 48.5. The van der Waals surface area contributed by atoms with Gasteiger partial charge in [-0.1, -0.05) is 189 Å². The number of carbonyl (C=O) groups excluding carboxylic acids is 7. The number of amides is 6. The predicted molar refractivity (Wildman–Crippen MR) is 562 cm³/mol. The molecule has 0 saturated carbocycles. The van der Waals surface area contributed by atoms with Crippen LogP contribution in [0.5, 0.6) is 11.5 Å². The number of benzene rings is 8. The molecular formula is C109H127ClFN11O21S2. The van der Waals surface area contributed by atoms with Crippen molar-refractivity contribution in [2.24, 2.45) is 16.6 Å². The van der Waals surface area contributed by atoms with Crippen LogP contribution in [0.4, 0.5) is 27.1 Å². The van der Waals surface area contributed by atoms with E-state index in [1.165, 1.54) is 34.1 Å². The first-order valence-electron chi connectivity index (χ1n) is 47.4. The number of alkyl halides is 1. The molecule has 8 aromatic carbocycles. The van der Waals surface area contributed by atoms with Gasteiger partial charge < -0.3 is 79.7 Å². The molecule has 2 saturated heterocycles. The van der Waals surface area contributed by atoms with Crippen LogP contribution >= 0.6 is 35.1 Å². The maximum atomic E-state index is 14.0. The van der Waals surface area contributed by atoms with Gasteiger partial charge in [-0.05, 0) is 155 Å². The zero-order chi connectivity index (χ0) is 104. The molecule has 14 rings (SSSR count). The lowest BCUT2D eigenvalue weighted by molar-refractivity contribution is -0.385. The molecule has 10 aromatic rings. The Hall–Kier alpha value is -13.7. The molecule has 4 aliphatic rings. The first kappa shape index (κ1) is 113. The van der Waals surface area contributed by atoms with E-state index in [-0.39, 0.29) is 151 Å². The average Bonchev–Trinajstić information content (AvgIpc) is 1.63. The third-order valence-electron chi connectivity index (χ3n) is 24.1. The molecular weight excluding hydrogens is 1920 g/mol. The van der Waals surface area contributed by atoms with E-state index in [0.717, 1.165) is 88.2 Å². The highest BCUT2D eigenvalue weighted by Crippen LogP contribution is 2.41. The van der Waals surface area contributed by atoms with Crippen LogP contribution in [-0.4, -0.2) is 215 Å². The van der Waals surface area contributed by atoms with E-state index in [1.807, 2.05) is 214 Å². The number of para-hydroxylation sites is 2. The van der Waals surface area contributed by atoms with Crippen molar-refractivity contribution in [2.75, 3.05) is 96.1 Å². The summed E-state index contributed by atoms with van der Waals surface area (Å²) in [5.41, 5.74) is 22.6. The summed E-state index contributed by atoms with van der Waals surface area (Å²) in [6.07, 6.45) is 9.73. The van der Waals surface area contributed by atoms with Crippen LogP contribution in [0.25, 0.3) is 44.2 Å². The van der Waals surface area contributed by atoms with Gasteiger partial charge in [0, 0.05) is 78.9 Å².